The fraction of sp³-hybridized carbons (Fsp3) is 0.462. The van der Waals surface area contributed by atoms with E-state index in [1.807, 2.05) is 42.3 Å². The van der Waals surface area contributed by atoms with Crippen molar-refractivity contribution in [1.82, 2.24) is 4.90 Å². The van der Waals surface area contributed by atoms with Crippen molar-refractivity contribution in [3.63, 3.8) is 0 Å². The van der Waals surface area contributed by atoms with Gasteiger partial charge in [-0.25, -0.2) is 0 Å². The number of hydrogen-bond donors (Lipinski definition) is 0. The van der Waals surface area contributed by atoms with Crippen molar-refractivity contribution in [3.05, 3.63) is 35.9 Å². The molecule has 0 atom stereocenters. The van der Waals surface area contributed by atoms with E-state index in [4.69, 9.17) is 4.74 Å². The molecule has 0 saturated carbocycles. The molecule has 0 aromatic heterocycles. The molecule has 3 heteroatoms. The van der Waals surface area contributed by atoms with E-state index in [2.05, 4.69) is 0 Å². The number of ketones is 1. The maximum Gasteiger partial charge on any atom is 0.151 e. The molecule has 0 aliphatic rings. The van der Waals surface area contributed by atoms with Crippen LogP contribution >= 0.6 is 0 Å². The minimum atomic E-state index is 0.241. The van der Waals surface area contributed by atoms with Crippen molar-refractivity contribution >= 4 is 5.78 Å². The lowest BCUT2D eigenvalue weighted by atomic mass is 10.1. The van der Waals surface area contributed by atoms with Crippen LogP contribution in [0.1, 0.15) is 5.56 Å². The summed E-state index contributed by atoms with van der Waals surface area (Å²) in [5.41, 5.74) is 1.08. The second-order valence-corrected chi connectivity index (χ2v) is 3.93. The third-order valence-electron chi connectivity index (χ3n) is 2.37. The summed E-state index contributed by atoms with van der Waals surface area (Å²) in [5, 5.41) is 0. The van der Waals surface area contributed by atoms with Crippen molar-refractivity contribution in [1.29, 1.82) is 0 Å². The maximum atomic E-state index is 11.7. The highest BCUT2D eigenvalue weighted by molar-refractivity contribution is 5.82. The van der Waals surface area contributed by atoms with Crippen LogP contribution in [-0.4, -0.2) is 44.5 Å². The minimum Gasteiger partial charge on any atom is -0.383 e. The van der Waals surface area contributed by atoms with Crippen LogP contribution in [0.2, 0.25) is 0 Å². The van der Waals surface area contributed by atoms with Gasteiger partial charge in [-0.2, -0.15) is 0 Å². The molecule has 0 aliphatic carbocycles. The number of rotatable bonds is 7. The average Bonchev–Trinajstić information content (AvgIpc) is 2.27. The van der Waals surface area contributed by atoms with Crippen molar-refractivity contribution in [3.8, 4) is 0 Å². The van der Waals surface area contributed by atoms with E-state index in [0.29, 0.717) is 19.6 Å². The molecule has 0 bridgehead atoms. The Morgan fingerprint density at radius 2 is 2.00 bits per heavy atom. The van der Waals surface area contributed by atoms with Gasteiger partial charge >= 0.3 is 0 Å². The molecular weight excluding hydrogens is 202 g/mol. The van der Waals surface area contributed by atoms with E-state index in [-0.39, 0.29) is 5.78 Å². The van der Waals surface area contributed by atoms with E-state index in [0.717, 1.165) is 12.1 Å². The Morgan fingerprint density at radius 3 is 2.62 bits per heavy atom. The third kappa shape index (κ3) is 5.05. The van der Waals surface area contributed by atoms with Crippen LogP contribution in [0.25, 0.3) is 0 Å². The SMILES string of the molecule is COCCN(C)CC(=O)Cc1ccccc1. The molecule has 0 spiro atoms. The Labute approximate surface area is 97.0 Å². The van der Waals surface area contributed by atoms with Gasteiger partial charge in [-0.1, -0.05) is 30.3 Å². The van der Waals surface area contributed by atoms with Crippen molar-refractivity contribution in [2.75, 3.05) is 33.9 Å². The van der Waals surface area contributed by atoms with E-state index in [1.165, 1.54) is 0 Å². The molecule has 0 heterocycles. The van der Waals surface area contributed by atoms with Gasteiger partial charge in [0.1, 0.15) is 0 Å². The van der Waals surface area contributed by atoms with E-state index in [9.17, 15) is 4.79 Å². The molecule has 3 nitrogen and oxygen atoms in total. The second kappa shape index (κ2) is 7.14. The molecule has 0 fully saturated rings. The normalized spacial score (nSPS) is 10.7. The Morgan fingerprint density at radius 1 is 1.31 bits per heavy atom. The van der Waals surface area contributed by atoms with Gasteiger partial charge < -0.3 is 4.74 Å². The first-order chi connectivity index (χ1) is 7.72. The summed E-state index contributed by atoms with van der Waals surface area (Å²) in [4.78, 5) is 13.7. The summed E-state index contributed by atoms with van der Waals surface area (Å²) in [5.74, 6) is 0.241. The highest BCUT2D eigenvalue weighted by atomic mass is 16.5. The summed E-state index contributed by atoms with van der Waals surface area (Å²) in [7, 11) is 3.60. The molecule has 16 heavy (non-hydrogen) atoms. The number of carbonyl (C=O) groups excluding carboxylic acids is 1. The largest absolute Gasteiger partial charge is 0.383 e. The smallest absolute Gasteiger partial charge is 0.151 e. The lowest BCUT2D eigenvalue weighted by Crippen LogP contribution is -2.29. The molecule has 1 aromatic rings. The molecule has 88 valence electrons. The van der Waals surface area contributed by atoms with Gasteiger partial charge in [0.15, 0.2) is 5.78 Å². The summed E-state index contributed by atoms with van der Waals surface area (Å²) < 4.78 is 4.96. The van der Waals surface area contributed by atoms with Crippen LogP contribution in [0.5, 0.6) is 0 Å². The fourth-order valence-electron chi connectivity index (χ4n) is 1.51. The number of methoxy groups -OCH3 is 1. The second-order valence-electron chi connectivity index (χ2n) is 3.93. The number of Topliss-reactive ketones (excluding diaryl/α,β-unsaturated/α-hetero) is 1. The predicted molar refractivity (Wildman–Crippen MR) is 64.5 cm³/mol. The van der Waals surface area contributed by atoms with Crippen molar-refractivity contribution in [2.24, 2.45) is 0 Å². The number of likely N-dealkylation sites (N-methyl/N-ethyl adjacent to an activating group) is 1. The third-order valence-corrected chi connectivity index (χ3v) is 2.37. The molecule has 0 amide bonds. The average molecular weight is 221 g/mol. The first-order valence-corrected chi connectivity index (χ1v) is 5.45. The summed E-state index contributed by atoms with van der Waals surface area (Å²) in [6.45, 7) is 1.93. The zero-order chi connectivity index (χ0) is 11.8. The van der Waals surface area contributed by atoms with Gasteiger partial charge in [0.05, 0.1) is 13.2 Å². The topological polar surface area (TPSA) is 29.5 Å². The van der Waals surface area contributed by atoms with Crippen LogP contribution in [0.3, 0.4) is 0 Å². The Balaban J connectivity index is 2.31. The molecule has 0 aliphatic heterocycles. The molecule has 0 unspecified atom stereocenters. The Hall–Kier alpha value is -1.19. The monoisotopic (exact) mass is 221 g/mol. The number of nitrogens with zero attached hydrogens (tertiary/aromatic N) is 1. The molecular formula is C13H19NO2. The Bertz CT molecular complexity index is 311. The predicted octanol–water partition coefficient (Wildman–Crippen LogP) is 1.38. The molecule has 0 saturated heterocycles. The molecule has 1 rings (SSSR count). The summed E-state index contributed by atoms with van der Waals surface area (Å²) >= 11 is 0. The molecule has 0 radical (unpaired) electrons. The fourth-order valence-corrected chi connectivity index (χ4v) is 1.51. The first kappa shape index (κ1) is 12.9. The van der Waals surface area contributed by atoms with Crippen molar-refractivity contribution in [2.45, 2.75) is 6.42 Å². The molecule has 1 aromatic carbocycles. The van der Waals surface area contributed by atoms with E-state index < -0.39 is 0 Å². The van der Waals surface area contributed by atoms with Crippen LogP contribution in [0.4, 0.5) is 0 Å². The number of hydrogen-bond acceptors (Lipinski definition) is 3. The zero-order valence-electron chi connectivity index (χ0n) is 9.98. The van der Waals surface area contributed by atoms with Crippen LogP contribution in [0, 0.1) is 0 Å². The maximum absolute atomic E-state index is 11.7. The first-order valence-electron chi connectivity index (χ1n) is 5.45. The Kier molecular flexibility index (Phi) is 5.75. The van der Waals surface area contributed by atoms with Crippen molar-refractivity contribution < 1.29 is 9.53 Å². The van der Waals surface area contributed by atoms with E-state index in [1.54, 1.807) is 7.11 Å². The number of benzene rings is 1. The van der Waals surface area contributed by atoms with Crippen LogP contribution in [0.15, 0.2) is 30.3 Å². The van der Waals surface area contributed by atoms with Crippen LogP contribution in [-0.2, 0) is 16.0 Å². The van der Waals surface area contributed by atoms with Gasteiger partial charge in [0, 0.05) is 20.1 Å². The number of ether oxygens (including phenoxy) is 1. The highest BCUT2D eigenvalue weighted by Crippen LogP contribution is 2.00. The lowest BCUT2D eigenvalue weighted by Gasteiger charge is -2.14. The number of carbonyl (C=O) groups is 1. The minimum absolute atomic E-state index is 0.241. The van der Waals surface area contributed by atoms with E-state index >= 15 is 0 Å². The van der Waals surface area contributed by atoms with Gasteiger partial charge in [-0.3, -0.25) is 9.69 Å². The standard InChI is InChI=1S/C13H19NO2/c1-14(8-9-16-2)11-13(15)10-12-6-4-3-5-7-12/h3-7H,8-11H2,1-2H3. The summed E-state index contributed by atoms with van der Waals surface area (Å²) in [6.07, 6.45) is 0.512. The quantitative estimate of drug-likeness (QED) is 0.696. The van der Waals surface area contributed by atoms with Gasteiger partial charge in [-0.15, -0.1) is 0 Å². The van der Waals surface area contributed by atoms with Gasteiger partial charge in [-0.05, 0) is 12.6 Å². The van der Waals surface area contributed by atoms with Gasteiger partial charge in [0.2, 0.25) is 0 Å². The summed E-state index contributed by atoms with van der Waals surface area (Å²) in [6, 6.07) is 9.83. The zero-order valence-corrected chi connectivity index (χ0v) is 9.98. The molecule has 0 N–H and O–H groups in total. The van der Waals surface area contributed by atoms with Gasteiger partial charge in [0.25, 0.3) is 0 Å². The lowest BCUT2D eigenvalue weighted by molar-refractivity contribution is -0.119. The van der Waals surface area contributed by atoms with Crippen LogP contribution < -0.4 is 0 Å². The highest BCUT2D eigenvalue weighted by Gasteiger charge is 2.06.